The molecule has 1 N–H and O–H groups in total. The van der Waals surface area contributed by atoms with Crippen LogP contribution < -0.4 is 10.2 Å². The fraction of sp³-hybridized carbons (Fsp3) is 0.556. The zero-order chi connectivity index (χ0) is 18.0. The summed E-state index contributed by atoms with van der Waals surface area (Å²) >= 11 is 6.07. The number of urea groups is 1. The van der Waals surface area contributed by atoms with E-state index in [2.05, 4.69) is 21.2 Å². The SMILES string of the molecule is CCC1(CC)NC(=O)N(CN2CCN(c3cccc(Cl)c3)CC2)C1=O. The Morgan fingerprint density at radius 3 is 2.36 bits per heavy atom. The molecule has 136 valence electrons. The molecule has 0 spiro atoms. The maximum Gasteiger partial charge on any atom is 0.326 e. The largest absolute Gasteiger partial charge is 0.369 e. The van der Waals surface area contributed by atoms with Crippen molar-refractivity contribution < 1.29 is 9.59 Å². The molecule has 0 aromatic heterocycles. The average Bonchev–Trinajstić information content (AvgIpc) is 2.87. The van der Waals surface area contributed by atoms with E-state index in [1.165, 1.54) is 4.90 Å². The predicted octanol–water partition coefficient (Wildman–Crippen LogP) is 2.53. The third kappa shape index (κ3) is 3.46. The van der Waals surface area contributed by atoms with Crippen LogP contribution in [0.3, 0.4) is 0 Å². The molecule has 1 aromatic carbocycles. The minimum Gasteiger partial charge on any atom is -0.369 e. The summed E-state index contributed by atoms with van der Waals surface area (Å²) in [7, 11) is 0. The molecule has 0 unspecified atom stereocenters. The Morgan fingerprint density at radius 2 is 1.80 bits per heavy atom. The van der Waals surface area contributed by atoms with E-state index in [-0.39, 0.29) is 11.9 Å². The van der Waals surface area contributed by atoms with Crippen LogP contribution in [0.1, 0.15) is 26.7 Å². The molecule has 7 heteroatoms. The van der Waals surface area contributed by atoms with Gasteiger partial charge in [0.1, 0.15) is 5.54 Å². The summed E-state index contributed by atoms with van der Waals surface area (Å²) < 4.78 is 0. The lowest BCUT2D eigenvalue weighted by Gasteiger charge is -2.37. The van der Waals surface area contributed by atoms with Gasteiger partial charge in [-0.05, 0) is 31.0 Å². The summed E-state index contributed by atoms with van der Waals surface area (Å²) in [5.41, 5.74) is 0.387. The van der Waals surface area contributed by atoms with Crippen LogP contribution >= 0.6 is 11.6 Å². The van der Waals surface area contributed by atoms with E-state index >= 15 is 0 Å². The van der Waals surface area contributed by atoms with Gasteiger partial charge in [0.05, 0.1) is 6.67 Å². The number of carbonyl (C=O) groups excluding carboxylic acids is 2. The van der Waals surface area contributed by atoms with Crippen molar-refractivity contribution in [1.82, 2.24) is 15.1 Å². The summed E-state index contributed by atoms with van der Waals surface area (Å²) in [5.74, 6) is -0.0974. The van der Waals surface area contributed by atoms with Crippen molar-refractivity contribution in [3.63, 3.8) is 0 Å². The highest BCUT2D eigenvalue weighted by atomic mass is 35.5. The summed E-state index contributed by atoms with van der Waals surface area (Å²) in [6.07, 6.45) is 1.24. The van der Waals surface area contributed by atoms with Crippen molar-refractivity contribution in [2.75, 3.05) is 37.7 Å². The Balaban J connectivity index is 1.59. The van der Waals surface area contributed by atoms with Crippen LogP contribution in [0, 0.1) is 0 Å². The van der Waals surface area contributed by atoms with Gasteiger partial charge in [0.15, 0.2) is 0 Å². The van der Waals surface area contributed by atoms with Gasteiger partial charge in [0.25, 0.3) is 5.91 Å². The molecule has 0 saturated carbocycles. The van der Waals surface area contributed by atoms with Crippen molar-refractivity contribution in [3.05, 3.63) is 29.3 Å². The predicted molar refractivity (Wildman–Crippen MR) is 98.8 cm³/mol. The van der Waals surface area contributed by atoms with Crippen LogP contribution in [0.4, 0.5) is 10.5 Å². The Bertz CT molecular complexity index is 654. The molecule has 6 nitrogen and oxygen atoms in total. The first kappa shape index (κ1) is 18.0. The highest BCUT2D eigenvalue weighted by Gasteiger charge is 2.49. The lowest BCUT2D eigenvalue weighted by atomic mass is 9.93. The minimum atomic E-state index is -0.723. The van der Waals surface area contributed by atoms with E-state index in [1.807, 2.05) is 32.0 Å². The number of hydrogen-bond donors (Lipinski definition) is 1. The van der Waals surface area contributed by atoms with Crippen molar-refractivity contribution >= 4 is 29.2 Å². The number of carbonyl (C=O) groups is 2. The highest BCUT2D eigenvalue weighted by molar-refractivity contribution is 6.30. The molecule has 2 fully saturated rings. The molecular weight excluding hydrogens is 340 g/mol. The monoisotopic (exact) mass is 364 g/mol. The first-order chi connectivity index (χ1) is 12.0. The van der Waals surface area contributed by atoms with E-state index in [4.69, 9.17) is 11.6 Å². The van der Waals surface area contributed by atoms with E-state index in [0.29, 0.717) is 19.5 Å². The molecule has 2 aliphatic heterocycles. The number of nitrogens with one attached hydrogen (secondary N) is 1. The number of anilines is 1. The molecule has 3 amide bonds. The van der Waals surface area contributed by atoms with Crippen LogP contribution in [0.15, 0.2) is 24.3 Å². The first-order valence-electron chi connectivity index (χ1n) is 8.86. The Labute approximate surface area is 153 Å². The number of rotatable bonds is 5. The number of benzene rings is 1. The van der Waals surface area contributed by atoms with Gasteiger partial charge >= 0.3 is 6.03 Å². The van der Waals surface area contributed by atoms with Gasteiger partial charge in [0.2, 0.25) is 0 Å². The zero-order valence-corrected chi connectivity index (χ0v) is 15.6. The molecule has 0 radical (unpaired) electrons. The zero-order valence-electron chi connectivity index (χ0n) is 14.8. The maximum atomic E-state index is 12.7. The summed E-state index contributed by atoms with van der Waals surface area (Å²) in [6.45, 7) is 7.52. The van der Waals surface area contributed by atoms with Gasteiger partial charge in [-0.15, -0.1) is 0 Å². The van der Waals surface area contributed by atoms with Crippen molar-refractivity contribution in [2.45, 2.75) is 32.2 Å². The van der Waals surface area contributed by atoms with Gasteiger partial charge in [-0.1, -0.05) is 31.5 Å². The van der Waals surface area contributed by atoms with Crippen LogP contribution in [-0.4, -0.2) is 60.1 Å². The van der Waals surface area contributed by atoms with Crippen molar-refractivity contribution in [1.29, 1.82) is 0 Å². The smallest absolute Gasteiger partial charge is 0.326 e. The molecule has 25 heavy (non-hydrogen) atoms. The van der Waals surface area contributed by atoms with Crippen molar-refractivity contribution in [2.24, 2.45) is 0 Å². The van der Waals surface area contributed by atoms with E-state index in [1.54, 1.807) is 0 Å². The molecule has 1 aromatic rings. The third-order valence-electron chi connectivity index (χ3n) is 5.34. The number of piperazine rings is 1. The molecule has 0 aliphatic carbocycles. The van der Waals surface area contributed by atoms with Gasteiger partial charge < -0.3 is 10.2 Å². The van der Waals surface area contributed by atoms with Crippen molar-refractivity contribution in [3.8, 4) is 0 Å². The van der Waals surface area contributed by atoms with Gasteiger partial charge in [0, 0.05) is 36.9 Å². The third-order valence-corrected chi connectivity index (χ3v) is 5.58. The van der Waals surface area contributed by atoms with Crippen LogP contribution in [0.5, 0.6) is 0 Å². The average molecular weight is 365 g/mol. The highest BCUT2D eigenvalue weighted by Crippen LogP contribution is 2.26. The quantitative estimate of drug-likeness (QED) is 0.816. The molecular formula is C18H25ClN4O2. The second-order valence-electron chi connectivity index (χ2n) is 6.68. The lowest BCUT2D eigenvalue weighted by Crippen LogP contribution is -2.52. The van der Waals surface area contributed by atoms with Crippen LogP contribution in [-0.2, 0) is 4.79 Å². The van der Waals surface area contributed by atoms with Gasteiger partial charge in [-0.2, -0.15) is 0 Å². The number of nitrogens with zero attached hydrogens (tertiary/aromatic N) is 3. The van der Waals surface area contributed by atoms with Gasteiger partial charge in [-0.3, -0.25) is 9.69 Å². The standard InChI is InChI=1S/C18H25ClN4O2/c1-3-18(4-2)16(24)23(17(25)20-18)13-21-8-10-22(11-9-21)15-7-5-6-14(19)12-15/h5-7,12H,3-4,8-11,13H2,1-2H3,(H,20,25). The number of hydrogen-bond acceptors (Lipinski definition) is 4. The molecule has 2 heterocycles. The molecule has 2 saturated heterocycles. The van der Waals surface area contributed by atoms with Crippen LogP contribution in [0.2, 0.25) is 5.02 Å². The number of imide groups is 1. The molecule has 2 aliphatic rings. The fourth-order valence-corrected chi connectivity index (χ4v) is 3.74. The normalized spacial score (nSPS) is 20.9. The van der Waals surface area contributed by atoms with E-state index < -0.39 is 5.54 Å². The Hall–Kier alpha value is -1.79. The second-order valence-corrected chi connectivity index (χ2v) is 7.12. The molecule has 0 atom stereocenters. The fourth-order valence-electron chi connectivity index (χ4n) is 3.55. The van der Waals surface area contributed by atoms with E-state index in [0.717, 1.165) is 36.9 Å². The molecule has 0 bridgehead atoms. The first-order valence-corrected chi connectivity index (χ1v) is 9.24. The summed E-state index contributed by atoms with van der Waals surface area (Å²) in [5, 5.41) is 3.61. The van der Waals surface area contributed by atoms with Crippen LogP contribution in [0.25, 0.3) is 0 Å². The Morgan fingerprint density at radius 1 is 1.12 bits per heavy atom. The summed E-state index contributed by atoms with van der Waals surface area (Å²) in [6, 6.07) is 7.56. The second kappa shape index (κ2) is 7.22. The van der Waals surface area contributed by atoms with E-state index in [9.17, 15) is 9.59 Å². The lowest BCUT2D eigenvalue weighted by molar-refractivity contribution is -0.133. The summed E-state index contributed by atoms with van der Waals surface area (Å²) in [4.78, 5) is 30.7. The minimum absolute atomic E-state index is 0.0974. The number of halogens is 1. The van der Waals surface area contributed by atoms with Gasteiger partial charge in [-0.25, -0.2) is 9.69 Å². The number of amides is 3. The maximum absolute atomic E-state index is 12.7. The molecule has 3 rings (SSSR count). The Kier molecular flexibility index (Phi) is 5.20. The topological polar surface area (TPSA) is 55.9 Å².